The average molecular weight is 361 g/mol. The summed E-state index contributed by atoms with van der Waals surface area (Å²) in [6, 6.07) is 9.91. The lowest BCUT2D eigenvalue weighted by atomic mass is 9.61. The molecule has 0 aliphatic carbocycles. The Morgan fingerprint density at radius 2 is 1.77 bits per heavy atom. The molecule has 0 fully saturated rings. The number of hydrogen-bond donors (Lipinski definition) is 1. The first-order valence-electron chi connectivity index (χ1n) is 8.89. The standard InChI is InChI=1S/C20H31N3O3/c1-18(2,19(3,4)17(25)26-13-12-24)14-16(20(5,6)22-23-21)15-10-8-7-9-11-15/h7-11,16,24H,12-14H2,1-6H3. The minimum atomic E-state index is -0.776. The van der Waals surface area contributed by atoms with Gasteiger partial charge in [0.25, 0.3) is 0 Å². The van der Waals surface area contributed by atoms with Gasteiger partial charge in [0, 0.05) is 4.91 Å². The molecule has 144 valence electrons. The maximum absolute atomic E-state index is 12.5. The molecule has 0 saturated heterocycles. The van der Waals surface area contributed by atoms with E-state index in [9.17, 15) is 4.79 Å². The van der Waals surface area contributed by atoms with Gasteiger partial charge in [0.2, 0.25) is 0 Å². The smallest absolute Gasteiger partial charge is 0.312 e. The van der Waals surface area contributed by atoms with Crippen LogP contribution in [-0.2, 0) is 9.53 Å². The second-order valence-corrected chi connectivity index (χ2v) is 8.38. The Kier molecular flexibility index (Phi) is 7.25. The Hall–Kier alpha value is -2.04. The van der Waals surface area contributed by atoms with E-state index in [-0.39, 0.29) is 25.1 Å². The number of hydrogen-bond acceptors (Lipinski definition) is 4. The van der Waals surface area contributed by atoms with Gasteiger partial charge >= 0.3 is 5.97 Å². The second kappa shape index (κ2) is 8.56. The summed E-state index contributed by atoms with van der Waals surface area (Å²) in [6.45, 7) is 11.4. The number of esters is 1. The van der Waals surface area contributed by atoms with Crippen LogP contribution in [0.3, 0.4) is 0 Å². The van der Waals surface area contributed by atoms with E-state index in [1.807, 2.05) is 71.9 Å². The van der Waals surface area contributed by atoms with Gasteiger partial charge in [-0.05, 0) is 42.7 Å². The highest BCUT2D eigenvalue weighted by Gasteiger charge is 2.47. The number of rotatable bonds is 9. The highest BCUT2D eigenvalue weighted by atomic mass is 16.5. The van der Waals surface area contributed by atoms with Crippen LogP contribution in [0.25, 0.3) is 10.4 Å². The van der Waals surface area contributed by atoms with E-state index in [2.05, 4.69) is 10.0 Å². The van der Waals surface area contributed by atoms with Crippen molar-refractivity contribution in [3.8, 4) is 0 Å². The number of ether oxygens (including phenoxy) is 1. The zero-order valence-corrected chi connectivity index (χ0v) is 16.7. The number of aliphatic hydroxyl groups excluding tert-OH is 1. The normalized spacial score (nSPS) is 13.7. The van der Waals surface area contributed by atoms with Gasteiger partial charge in [-0.25, -0.2) is 0 Å². The Labute approximate surface area is 156 Å². The zero-order chi connectivity index (χ0) is 20.0. The molecule has 0 heterocycles. The van der Waals surface area contributed by atoms with Gasteiger partial charge in [-0.15, -0.1) is 0 Å². The molecule has 0 spiro atoms. The largest absolute Gasteiger partial charge is 0.463 e. The van der Waals surface area contributed by atoms with Crippen molar-refractivity contribution in [1.29, 1.82) is 0 Å². The van der Waals surface area contributed by atoms with Crippen molar-refractivity contribution in [1.82, 2.24) is 0 Å². The molecule has 6 nitrogen and oxygen atoms in total. The van der Waals surface area contributed by atoms with Crippen LogP contribution in [0.2, 0.25) is 0 Å². The van der Waals surface area contributed by atoms with Crippen LogP contribution >= 0.6 is 0 Å². The summed E-state index contributed by atoms with van der Waals surface area (Å²) in [6.07, 6.45) is 0.629. The van der Waals surface area contributed by atoms with E-state index < -0.39 is 16.4 Å². The maximum atomic E-state index is 12.5. The topological polar surface area (TPSA) is 95.3 Å². The van der Waals surface area contributed by atoms with Crippen molar-refractivity contribution in [2.45, 2.75) is 59.4 Å². The highest BCUT2D eigenvalue weighted by molar-refractivity contribution is 5.77. The Morgan fingerprint density at radius 3 is 2.27 bits per heavy atom. The number of benzene rings is 1. The average Bonchev–Trinajstić information content (AvgIpc) is 2.57. The summed E-state index contributed by atoms with van der Waals surface area (Å²) in [5, 5.41) is 12.9. The molecule has 1 aromatic rings. The summed E-state index contributed by atoms with van der Waals surface area (Å²) in [5.74, 6) is -0.413. The minimum absolute atomic E-state index is 0.00925. The van der Waals surface area contributed by atoms with Gasteiger partial charge in [0.15, 0.2) is 0 Å². The molecule has 0 amide bonds. The van der Waals surface area contributed by atoms with Crippen LogP contribution in [-0.4, -0.2) is 29.8 Å². The lowest BCUT2D eigenvalue weighted by Gasteiger charge is -2.44. The van der Waals surface area contributed by atoms with Gasteiger partial charge in [-0.1, -0.05) is 63.1 Å². The summed E-state index contributed by atoms with van der Waals surface area (Å²) >= 11 is 0. The lowest BCUT2D eigenvalue weighted by Crippen LogP contribution is -2.44. The number of carbonyl (C=O) groups is 1. The monoisotopic (exact) mass is 361 g/mol. The highest BCUT2D eigenvalue weighted by Crippen LogP contribution is 2.49. The van der Waals surface area contributed by atoms with Crippen LogP contribution in [0.4, 0.5) is 0 Å². The molecule has 6 heteroatoms. The fourth-order valence-electron chi connectivity index (χ4n) is 3.01. The molecule has 0 saturated carbocycles. The van der Waals surface area contributed by atoms with E-state index >= 15 is 0 Å². The summed E-state index contributed by atoms with van der Waals surface area (Å²) in [7, 11) is 0. The molecule has 0 radical (unpaired) electrons. The molecule has 1 unspecified atom stereocenters. The van der Waals surface area contributed by atoms with Crippen LogP contribution in [0.5, 0.6) is 0 Å². The summed E-state index contributed by atoms with van der Waals surface area (Å²) < 4.78 is 5.19. The number of azide groups is 1. The molecular formula is C20H31N3O3. The first-order valence-corrected chi connectivity index (χ1v) is 8.89. The zero-order valence-electron chi connectivity index (χ0n) is 16.7. The van der Waals surface area contributed by atoms with E-state index in [0.717, 1.165) is 5.56 Å². The van der Waals surface area contributed by atoms with Gasteiger partial charge in [0.1, 0.15) is 6.61 Å². The van der Waals surface area contributed by atoms with Crippen molar-refractivity contribution >= 4 is 5.97 Å². The van der Waals surface area contributed by atoms with Crippen LogP contribution in [0.1, 0.15) is 59.4 Å². The van der Waals surface area contributed by atoms with Gasteiger partial charge in [0.05, 0.1) is 17.6 Å². The fourth-order valence-corrected chi connectivity index (χ4v) is 3.01. The molecule has 1 N–H and O–H groups in total. The van der Waals surface area contributed by atoms with Crippen molar-refractivity contribution in [2.24, 2.45) is 15.9 Å². The fraction of sp³-hybridized carbons (Fsp3) is 0.650. The Balaban J connectivity index is 3.24. The quantitative estimate of drug-likeness (QED) is 0.295. The van der Waals surface area contributed by atoms with Crippen LogP contribution in [0, 0.1) is 10.8 Å². The number of nitrogens with zero attached hydrogens (tertiary/aromatic N) is 3. The summed E-state index contributed by atoms with van der Waals surface area (Å²) in [5.41, 5.74) is 8.20. The molecule has 0 aliphatic heterocycles. The molecule has 0 aliphatic rings. The van der Waals surface area contributed by atoms with Crippen molar-refractivity contribution in [3.63, 3.8) is 0 Å². The van der Waals surface area contributed by atoms with Crippen LogP contribution < -0.4 is 0 Å². The number of carbonyl (C=O) groups excluding carboxylic acids is 1. The number of aliphatic hydroxyl groups is 1. The molecular weight excluding hydrogens is 330 g/mol. The predicted molar refractivity (Wildman–Crippen MR) is 103 cm³/mol. The first-order chi connectivity index (χ1) is 12.0. The predicted octanol–water partition coefficient (Wildman–Crippen LogP) is 4.84. The Bertz CT molecular complexity index is 648. The molecule has 1 aromatic carbocycles. The Morgan fingerprint density at radius 1 is 1.19 bits per heavy atom. The van der Waals surface area contributed by atoms with E-state index in [4.69, 9.17) is 15.4 Å². The van der Waals surface area contributed by atoms with E-state index in [1.54, 1.807) is 0 Å². The lowest BCUT2D eigenvalue weighted by molar-refractivity contribution is -0.162. The maximum Gasteiger partial charge on any atom is 0.312 e. The van der Waals surface area contributed by atoms with Gasteiger partial charge < -0.3 is 9.84 Å². The van der Waals surface area contributed by atoms with Gasteiger partial charge in [-0.2, -0.15) is 0 Å². The van der Waals surface area contributed by atoms with E-state index in [1.165, 1.54) is 0 Å². The van der Waals surface area contributed by atoms with Crippen molar-refractivity contribution in [2.75, 3.05) is 13.2 Å². The molecule has 1 rings (SSSR count). The van der Waals surface area contributed by atoms with Crippen molar-refractivity contribution in [3.05, 3.63) is 46.3 Å². The first kappa shape index (κ1) is 22.0. The van der Waals surface area contributed by atoms with Gasteiger partial charge in [-0.3, -0.25) is 4.79 Å². The van der Waals surface area contributed by atoms with E-state index in [0.29, 0.717) is 6.42 Å². The molecule has 0 aromatic heterocycles. The molecule has 26 heavy (non-hydrogen) atoms. The third-order valence-electron chi connectivity index (χ3n) is 5.60. The third-order valence-corrected chi connectivity index (χ3v) is 5.60. The minimum Gasteiger partial charge on any atom is -0.463 e. The SMILES string of the molecule is CC(C)(N=[N+]=[N-])C(CC(C)(C)C(C)(C)C(=O)OCCO)c1ccccc1. The third kappa shape index (κ3) is 4.99. The molecule has 1 atom stereocenters. The molecule has 0 bridgehead atoms. The summed E-state index contributed by atoms with van der Waals surface area (Å²) in [4.78, 5) is 15.6. The second-order valence-electron chi connectivity index (χ2n) is 8.38. The van der Waals surface area contributed by atoms with Crippen LogP contribution in [0.15, 0.2) is 35.4 Å². The van der Waals surface area contributed by atoms with Crippen molar-refractivity contribution < 1.29 is 14.6 Å².